The van der Waals surface area contributed by atoms with Crippen LogP contribution in [-0.2, 0) is 9.59 Å². The normalized spacial score (nSPS) is 11.1. The number of aryl methyl sites for hydroxylation is 1. The lowest BCUT2D eigenvalue weighted by atomic mass is 10.1. The van der Waals surface area contributed by atoms with E-state index in [4.69, 9.17) is 0 Å². The van der Waals surface area contributed by atoms with E-state index in [0.29, 0.717) is 0 Å². The van der Waals surface area contributed by atoms with Gasteiger partial charge in [0.15, 0.2) is 0 Å². The maximum absolute atomic E-state index is 12.0. The number of hydrogen-bond donors (Lipinski definition) is 2. The Kier molecular flexibility index (Phi) is 6.95. The molecule has 5 heteroatoms. The van der Waals surface area contributed by atoms with Gasteiger partial charge in [-0.15, -0.1) is 0 Å². The van der Waals surface area contributed by atoms with E-state index >= 15 is 0 Å². The number of allylic oxidation sites excluding steroid dienone is 1. The molecule has 2 rings (SSSR count). The maximum atomic E-state index is 12.0. The number of rotatable bonds is 6. The van der Waals surface area contributed by atoms with Crippen molar-refractivity contribution >= 4 is 39.0 Å². The first-order valence-corrected chi connectivity index (χ1v) is 8.82. The molecular formula is C20H21BrN2O2. The molecule has 0 fully saturated rings. The summed E-state index contributed by atoms with van der Waals surface area (Å²) in [5, 5.41) is 5.60. The van der Waals surface area contributed by atoms with Crippen LogP contribution in [0.15, 0.2) is 59.1 Å². The predicted molar refractivity (Wildman–Crippen MR) is 105 cm³/mol. The molecule has 25 heavy (non-hydrogen) atoms. The van der Waals surface area contributed by atoms with Crippen LogP contribution in [0.2, 0.25) is 0 Å². The highest BCUT2D eigenvalue weighted by atomic mass is 79.9. The summed E-state index contributed by atoms with van der Waals surface area (Å²) in [4.78, 5) is 23.9. The molecule has 0 saturated carbocycles. The number of halogens is 1. The van der Waals surface area contributed by atoms with Crippen molar-refractivity contribution in [3.8, 4) is 0 Å². The number of carbonyl (C=O) groups is 2. The fourth-order valence-electron chi connectivity index (χ4n) is 2.27. The van der Waals surface area contributed by atoms with Crippen molar-refractivity contribution < 1.29 is 9.59 Å². The van der Waals surface area contributed by atoms with E-state index in [0.717, 1.165) is 26.9 Å². The van der Waals surface area contributed by atoms with Crippen LogP contribution in [0.5, 0.6) is 0 Å². The number of benzene rings is 2. The molecule has 130 valence electrons. The molecule has 0 bridgehead atoms. The van der Waals surface area contributed by atoms with E-state index in [1.54, 1.807) is 6.08 Å². The van der Waals surface area contributed by atoms with Crippen molar-refractivity contribution in [3.05, 3.63) is 70.2 Å². The third kappa shape index (κ3) is 6.19. The number of nitrogens with one attached hydrogen (secondary N) is 2. The summed E-state index contributed by atoms with van der Waals surface area (Å²) in [7, 11) is 0. The Morgan fingerprint density at radius 1 is 1.12 bits per heavy atom. The zero-order valence-electron chi connectivity index (χ0n) is 14.3. The molecule has 0 saturated heterocycles. The van der Waals surface area contributed by atoms with Gasteiger partial charge in [-0.05, 0) is 42.7 Å². The molecule has 0 spiro atoms. The molecule has 0 aliphatic heterocycles. The minimum atomic E-state index is -0.201. The van der Waals surface area contributed by atoms with Crippen molar-refractivity contribution in [1.82, 2.24) is 5.32 Å². The minimum Gasteiger partial charge on any atom is -0.352 e. The second kappa shape index (κ2) is 9.18. The van der Waals surface area contributed by atoms with E-state index < -0.39 is 0 Å². The Morgan fingerprint density at radius 2 is 1.84 bits per heavy atom. The Labute approximate surface area is 156 Å². The summed E-state index contributed by atoms with van der Waals surface area (Å²) in [5.74, 6) is -0.335. The van der Waals surface area contributed by atoms with Gasteiger partial charge in [-0.1, -0.05) is 52.3 Å². The van der Waals surface area contributed by atoms with Crippen LogP contribution in [0.1, 0.15) is 24.5 Å². The molecule has 2 aromatic rings. The first kappa shape index (κ1) is 18.9. The Morgan fingerprint density at radius 3 is 2.56 bits per heavy atom. The summed E-state index contributed by atoms with van der Waals surface area (Å²) in [5.41, 5.74) is 3.64. The van der Waals surface area contributed by atoms with Crippen LogP contribution in [0.3, 0.4) is 0 Å². The number of anilines is 1. The molecular weight excluding hydrogens is 380 g/mol. The molecule has 0 aromatic heterocycles. The second-order valence-corrected chi connectivity index (χ2v) is 6.66. The topological polar surface area (TPSA) is 58.2 Å². The summed E-state index contributed by atoms with van der Waals surface area (Å²) < 4.78 is 0.906. The van der Waals surface area contributed by atoms with Gasteiger partial charge in [0.25, 0.3) is 0 Å². The molecule has 0 heterocycles. The molecule has 2 aromatic carbocycles. The molecule has 4 nitrogen and oxygen atoms in total. The molecule has 0 atom stereocenters. The standard InChI is InChI=1S/C20H21BrN2O2/c1-14-8-9-17(21)13-18(14)23-19(24)10-11-22-20(25)12-15(2)16-6-4-3-5-7-16/h3-9,12-13H,10-11H2,1-2H3,(H,22,25)(H,23,24)/b15-12-. The Hall–Kier alpha value is -2.40. The van der Waals surface area contributed by atoms with Crippen LogP contribution < -0.4 is 10.6 Å². The summed E-state index contributed by atoms with van der Waals surface area (Å²) in [6, 6.07) is 15.4. The van der Waals surface area contributed by atoms with E-state index in [-0.39, 0.29) is 24.8 Å². The fourth-order valence-corrected chi connectivity index (χ4v) is 2.63. The lowest BCUT2D eigenvalue weighted by molar-refractivity contribution is -0.117. The molecule has 2 N–H and O–H groups in total. The first-order valence-electron chi connectivity index (χ1n) is 8.03. The zero-order chi connectivity index (χ0) is 18.2. The third-order valence-corrected chi connectivity index (χ3v) is 4.19. The van der Waals surface area contributed by atoms with Gasteiger partial charge in [0.1, 0.15) is 0 Å². The van der Waals surface area contributed by atoms with Crippen molar-refractivity contribution in [1.29, 1.82) is 0 Å². The zero-order valence-corrected chi connectivity index (χ0v) is 15.9. The molecule has 0 unspecified atom stereocenters. The number of hydrogen-bond acceptors (Lipinski definition) is 2. The molecule has 0 radical (unpaired) electrons. The fraction of sp³-hybridized carbons (Fsp3) is 0.200. The average Bonchev–Trinajstić information content (AvgIpc) is 2.59. The van der Waals surface area contributed by atoms with Gasteiger partial charge in [-0.3, -0.25) is 9.59 Å². The SMILES string of the molecule is C/C(=C/C(=O)NCCC(=O)Nc1cc(Br)ccc1C)c1ccccc1. The molecule has 2 amide bonds. The van der Waals surface area contributed by atoms with Gasteiger partial charge in [0.2, 0.25) is 11.8 Å². The average molecular weight is 401 g/mol. The van der Waals surface area contributed by atoms with Crippen LogP contribution in [0.25, 0.3) is 5.57 Å². The van der Waals surface area contributed by atoms with Crippen LogP contribution >= 0.6 is 15.9 Å². The van der Waals surface area contributed by atoms with Gasteiger partial charge in [0, 0.05) is 29.2 Å². The highest BCUT2D eigenvalue weighted by molar-refractivity contribution is 9.10. The van der Waals surface area contributed by atoms with Crippen LogP contribution in [0.4, 0.5) is 5.69 Å². The molecule has 0 aliphatic rings. The Bertz CT molecular complexity index is 786. The third-order valence-electron chi connectivity index (χ3n) is 3.70. The van der Waals surface area contributed by atoms with E-state index in [1.165, 1.54) is 0 Å². The highest BCUT2D eigenvalue weighted by Gasteiger charge is 2.06. The van der Waals surface area contributed by atoms with Crippen molar-refractivity contribution in [2.45, 2.75) is 20.3 Å². The van der Waals surface area contributed by atoms with Gasteiger partial charge in [-0.2, -0.15) is 0 Å². The van der Waals surface area contributed by atoms with Crippen molar-refractivity contribution in [2.75, 3.05) is 11.9 Å². The monoisotopic (exact) mass is 400 g/mol. The maximum Gasteiger partial charge on any atom is 0.244 e. The summed E-state index contributed by atoms with van der Waals surface area (Å²) in [6.45, 7) is 4.11. The first-order chi connectivity index (χ1) is 12.0. The van der Waals surface area contributed by atoms with Crippen LogP contribution in [-0.4, -0.2) is 18.4 Å². The number of amides is 2. The summed E-state index contributed by atoms with van der Waals surface area (Å²) in [6.07, 6.45) is 1.77. The quantitative estimate of drug-likeness (QED) is 0.709. The van der Waals surface area contributed by atoms with Gasteiger partial charge in [-0.25, -0.2) is 0 Å². The predicted octanol–water partition coefficient (Wildman–Crippen LogP) is 4.31. The highest BCUT2D eigenvalue weighted by Crippen LogP contribution is 2.20. The van der Waals surface area contributed by atoms with Crippen molar-refractivity contribution in [2.24, 2.45) is 0 Å². The van der Waals surface area contributed by atoms with Gasteiger partial charge >= 0.3 is 0 Å². The van der Waals surface area contributed by atoms with Crippen molar-refractivity contribution in [3.63, 3.8) is 0 Å². The number of carbonyl (C=O) groups excluding carboxylic acids is 2. The summed E-state index contributed by atoms with van der Waals surface area (Å²) >= 11 is 3.39. The largest absolute Gasteiger partial charge is 0.352 e. The van der Waals surface area contributed by atoms with E-state index in [9.17, 15) is 9.59 Å². The minimum absolute atomic E-state index is 0.134. The Balaban J connectivity index is 1.81. The van der Waals surface area contributed by atoms with Gasteiger partial charge < -0.3 is 10.6 Å². The molecule has 0 aliphatic carbocycles. The van der Waals surface area contributed by atoms with E-state index in [1.807, 2.05) is 62.4 Å². The van der Waals surface area contributed by atoms with Crippen LogP contribution in [0, 0.1) is 6.92 Å². The lowest BCUT2D eigenvalue weighted by Crippen LogP contribution is -2.26. The smallest absolute Gasteiger partial charge is 0.244 e. The lowest BCUT2D eigenvalue weighted by Gasteiger charge is -2.09. The van der Waals surface area contributed by atoms with E-state index in [2.05, 4.69) is 26.6 Å². The second-order valence-electron chi connectivity index (χ2n) is 5.74. The van der Waals surface area contributed by atoms with Gasteiger partial charge in [0.05, 0.1) is 0 Å².